The van der Waals surface area contributed by atoms with Crippen LogP contribution in [0.2, 0.25) is 0 Å². The predicted molar refractivity (Wildman–Crippen MR) is 112 cm³/mol. The summed E-state index contributed by atoms with van der Waals surface area (Å²) < 4.78 is 17.1. The van der Waals surface area contributed by atoms with Gasteiger partial charge in [0, 0.05) is 17.5 Å². The van der Waals surface area contributed by atoms with Crippen LogP contribution >= 0.6 is 0 Å². The molecule has 2 heterocycles. The smallest absolute Gasteiger partial charge is 0.214 e. The summed E-state index contributed by atoms with van der Waals surface area (Å²) in [6.45, 7) is 0. The van der Waals surface area contributed by atoms with Crippen molar-refractivity contribution in [1.82, 2.24) is 5.01 Å². The molecular formula is C24H22N2O3. The number of hydrogen-bond donors (Lipinski definition) is 0. The molecule has 29 heavy (non-hydrogen) atoms. The zero-order valence-corrected chi connectivity index (χ0v) is 16.4. The summed E-state index contributed by atoms with van der Waals surface area (Å²) in [5.74, 6) is 2.56. The minimum Gasteiger partial charge on any atom is -0.497 e. The largest absolute Gasteiger partial charge is 0.497 e. The lowest BCUT2D eigenvalue weighted by Crippen LogP contribution is -2.33. The molecule has 146 valence electrons. The van der Waals surface area contributed by atoms with Crippen LogP contribution in [0.15, 0.2) is 77.9 Å². The zero-order valence-electron chi connectivity index (χ0n) is 16.4. The van der Waals surface area contributed by atoms with E-state index in [1.165, 1.54) is 5.56 Å². The molecule has 0 bridgehead atoms. The van der Waals surface area contributed by atoms with Crippen LogP contribution in [0.25, 0.3) is 0 Å². The summed E-state index contributed by atoms with van der Waals surface area (Å²) >= 11 is 0. The highest BCUT2D eigenvalue weighted by atomic mass is 16.5. The summed E-state index contributed by atoms with van der Waals surface area (Å²) in [7, 11) is 3.35. The van der Waals surface area contributed by atoms with Crippen molar-refractivity contribution in [2.45, 2.75) is 18.7 Å². The zero-order chi connectivity index (χ0) is 19.8. The Balaban J connectivity index is 1.56. The van der Waals surface area contributed by atoms with Gasteiger partial charge in [0.05, 0.1) is 26.0 Å². The topological polar surface area (TPSA) is 43.3 Å². The third-order valence-corrected chi connectivity index (χ3v) is 5.50. The quantitative estimate of drug-likeness (QED) is 0.637. The number of methoxy groups -OCH3 is 2. The van der Waals surface area contributed by atoms with Crippen LogP contribution in [0, 0.1) is 0 Å². The fourth-order valence-corrected chi connectivity index (χ4v) is 4.01. The average Bonchev–Trinajstić information content (AvgIpc) is 3.24. The van der Waals surface area contributed by atoms with E-state index in [2.05, 4.69) is 35.3 Å². The van der Waals surface area contributed by atoms with Crippen LogP contribution in [0.4, 0.5) is 0 Å². The number of hydrogen-bond acceptors (Lipinski definition) is 5. The molecule has 3 aromatic rings. The Bertz CT molecular complexity index is 1060. The number of rotatable bonds is 4. The molecule has 0 N–H and O–H groups in total. The lowest BCUT2D eigenvalue weighted by Gasteiger charge is -2.38. The molecule has 0 spiro atoms. The fourth-order valence-electron chi connectivity index (χ4n) is 4.01. The lowest BCUT2D eigenvalue weighted by molar-refractivity contribution is -0.0191. The molecule has 0 unspecified atom stereocenters. The number of hydrazone groups is 1. The van der Waals surface area contributed by atoms with Gasteiger partial charge in [-0.3, -0.25) is 0 Å². The SMILES string of the molecule is COc1ccc(C2=NN3[C@H](C2)c2ccccc2O[C@@H]3c2cccc(OC)c2)cc1. The number of fused-ring (bicyclic) bond motifs is 3. The molecule has 0 fully saturated rings. The Morgan fingerprint density at radius 1 is 0.897 bits per heavy atom. The molecule has 0 saturated carbocycles. The van der Waals surface area contributed by atoms with Crippen molar-refractivity contribution in [2.75, 3.05) is 14.2 Å². The summed E-state index contributed by atoms with van der Waals surface area (Å²) in [4.78, 5) is 0. The molecule has 0 radical (unpaired) electrons. The molecule has 3 aromatic carbocycles. The molecule has 0 aliphatic carbocycles. The molecule has 2 atom stereocenters. The Morgan fingerprint density at radius 2 is 1.69 bits per heavy atom. The van der Waals surface area contributed by atoms with Gasteiger partial charge in [0.25, 0.3) is 0 Å². The highest BCUT2D eigenvalue weighted by Crippen LogP contribution is 2.47. The predicted octanol–water partition coefficient (Wildman–Crippen LogP) is 4.95. The first kappa shape index (κ1) is 17.6. The van der Waals surface area contributed by atoms with E-state index < -0.39 is 0 Å². The van der Waals surface area contributed by atoms with E-state index in [9.17, 15) is 0 Å². The molecule has 2 aliphatic heterocycles. The Hall–Kier alpha value is -3.47. The second kappa shape index (κ2) is 7.17. The minimum atomic E-state index is -0.305. The van der Waals surface area contributed by atoms with Gasteiger partial charge in [-0.25, -0.2) is 5.01 Å². The molecule has 5 heteroatoms. The Morgan fingerprint density at radius 3 is 2.48 bits per heavy atom. The molecule has 5 nitrogen and oxygen atoms in total. The van der Waals surface area contributed by atoms with E-state index >= 15 is 0 Å². The second-order valence-electron chi connectivity index (χ2n) is 7.16. The van der Waals surface area contributed by atoms with Gasteiger partial charge in [-0.05, 0) is 48.0 Å². The van der Waals surface area contributed by atoms with Crippen LogP contribution < -0.4 is 14.2 Å². The van der Waals surface area contributed by atoms with Crippen molar-refractivity contribution in [2.24, 2.45) is 5.10 Å². The van der Waals surface area contributed by atoms with Gasteiger partial charge in [-0.1, -0.05) is 30.3 Å². The first-order valence-corrected chi connectivity index (χ1v) is 9.66. The second-order valence-corrected chi connectivity index (χ2v) is 7.16. The van der Waals surface area contributed by atoms with Gasteiger partial charge in [0.2, 0.25) is 6.23 Å². The van der Waals surface area contributed by atoms with Gasteiger partial charge in [-0.2, -0.15) is 5.10 Å². The van der Waals surface area contributed by atoms with Crippen LogP contribution in [0.5, 0.6) is 17.2 Å². The van der Waals surface area contributed by atoms with Crippen molar-refractivity contribution in [1.29, 1.82) is 0 Å². The first-order valence-electron chi connectivity index (χ1n) is 9.66. The number of para-hydroxylation sites is 1. The van der Waals surface area contributed by atoms with Crippen LogP contribution in [0.1, 0.15) is 35.4 Å². The maximum absolute atomic E-state index is 6.40. The maximum atomic E-state index is 6.40. The van der Waals surface area contributed by atoms with Crippen LogP contribution in [0.3, 0.4) is 0 Å². The van der Waals surface area contributed by atoms with Gasteiger partial charge in [-0.15, -0.1) is 0 Å². The summed E-state index contributed by atoms with van der Waals surface area (Å²) in [5, 5.41) is 7.07. The summed E-state index contributed by atoms with van der Waals surface area (Å²) in [6, 6.07) is 24.4. The number of benzene rings is 3. The van der Waals surface area contributed by atoms with Crippen LogP contribution in [-0.4, -0.2) is 24.9 Å². The Labute approximate surface area is 170 Å². The monoisotopic (exact) mass is 386 g/mol. The molecule has 5 rings (SSSR count). The molecule has 2 aliphatic rings. The fraction of sp³-hybridized carbons (Fsp3) is 0.208. The highest BCUT2D eigenvalue weighted by Gasteiger charge is 2.40. The molecule has 0 saturated heterocycles. The third kappa shape index (κ3) is 3.09. The highest BCUT2D eigenvalue weighted by molar-refractivity contribution is 6.02. The Kier molecular flexibility index (Phi) is 4.35. The summed E-state index contributed by atoms with van der Waals surface area (Å²) in [6.07, 6.45) is 0.522. The minimum absolute atomic E-state index is 0.133. The van der Waals surface area contributed by atoms with E-state index in [4.69, 9.17) is 19.3 Å². The number of nitrogens with zero attached hydrogens (tertiary/aromatic N) is 2. The van der Waals surface area contributed by atoms with E-state index in [1.54, 1.807) is 14.2 Å². The molecule has 0 aromatic heterocycles. The van der Waals surface area contributed by atoms with E-state index in [-0.39, 0.29) is 12.3 Å². The van der Waals surface area contributed by atoms with Crippen molar-refractivity contribution < 1.29 is 14.2 Å². The van der Waals surface area contributed by atoms with Gasteiger partial charge in [0.15, 0.2) is 0 Å². The average molecular weight is 386 g/mol. The van der Waals surface area contributed by atoms with Gasteiger partial charge >= 0.3 is 0 Å². The van der Waals surface area contributed by atoms with E-state index in [0.717, 1.165) is 40.5 Å². The standard InChI is InChI=1S/C24H22N2O3/c1-27-18-12-10-16(11-13-18)21-15-22-20-8-3-4-9-23(20)29-24(26(22)25-21)17-6-5-7-19(14-17)28-2/h3-14,22,24H,15H2,1-2H3/t22-,24-/m1/s1. The third-order valence-electron chi connectivity index (χ3n) is 5.50. The molecular weight excluding hydrogens is 364 g/mol. The molecule has 0 amide bonds. The van der Waals surface area contributed by atoms with E-state index in [1.807, 2.05) is 42.5 Å². The van der Waals surface area contributed by atoms with Gasteiger partial charge in [0.1, 0.15) is 17.2 Å². The van der Waals surface area contributed by atoms with Crippen molar-refractivity contribution in [3.05, 3.63) is 89.5 Å². The van der Waals surface area contributed by atoms with Crippen molar-refractivity contribution in [3.8, 4) is 17.2 Å². The number of ether oxygens (including phenoxy) is 3. The maximum Gasteiger partial charge on any atom is 0.214 e. The first-order chi connectivity index (χ1) is 14.3. The lowest BCUT2D eigenvalue weighted by atomic mass is 9.96. The van der Waals surface area contributed by atoms with Crippen molar-refractivity contribution in [3.63, 3.8) is 0 Å². The van der Waals surface area contributed by atoms with Crippen LogP contribution in [-0.2, 0) is 0 Å². The van der Waals surface area contributed by atoms with Gasteiger partial charge < -0.3 is 14.2 Å². The van der Waals surface area contributed by atoms with Crippen molar-refractivity contribution >= 4 is 5.71 Å². The normalized spacial score (nSPS) is 19.7. The summed E-state index contributed by atoms with van der Waals surface area (Å²) in [5.41, 5.74) is 4.33. The van der Waals surface area contributed by atoms with E-state index in [0.29, 0.717) is 0 Å².